The number of aromatic nitrogens is 1. The van der Waals surface area contributed by atoms with Gasteiger partial charge < -0.3 is 14.5 Å². The first-order chi connectivity index (χ1) is 11.2. The number of esters is 1. The Kier molecular flexibility index (Phi) is 5.93. The molecule has 1 aromatic heterocycles. The van der Waals surface area contributed by atoms with Crippen molar-refractivity contribution in [3.05, 3.63) is 53.9 Å². The molecule has 0 saturated heterocycles. The number of amides is 1. The molecule has 1 heterocycles. The smallest absolute Gasteiger partial charge is 0.338 e. The maximum atomic E-state index is 11.6. The molecular formula is C16H17N3O4. The quantitative estimate of drug-likeness (QED) is 0.462. The second-order valence-corrected chi connectivity index (χ2v) is 4.45. The van der Waals surface area contributed by atoms with Gasteiger partial charge in [0.2, 0.25) is 0 Å². The highest BCUT2D eigenvalue weighted by molar-refractivity contribution is 5.89. The number of carbonyl (C=O) groups is 2. The number of rotatable bonds is 7. The average molecular weight is 315 g/mol. The molecule has 0 saturated carbocycles. The van der Waals surface area contributed by atoms with E-state index in [2.05, 4.69) is 15.5 Å². The zero-order valence-electron chi connectivity index (χ0n) is 12.6. The van der Waals surface area contributed by atoms with Crippen LogP contribution in [-0.2, 0) is 9.53 Å². The van der Waals surface area contributed by atoms with Gasteiger partial charge in [0.1, 0.15) is 5.75 Å². The van der Waals surface area contributed by atoms with Crippen molar-refractivity contribution in [1.29, 1.82) is 0 Å². The maximum Gasteiger partial charge on any atom is 0.338 e. The van der Waals surface area contributed by atoms with Crippen LogP contribution in [0, 0.1) is 0 Å². The van der Waals surface area contributed by atoms with Crippen molar-refractivity contribution in [1.82, 2.24) is 10.4 Å². The van der Waals surface area contributed by atoms with Crippen molar-refractivity contribution in [2.45, 2.75) is 6.92 Å². The van der Waals surface area contributed by atoms with E-state index >= 15 is 0 Å². The largest absolute Gasteiger partial charge is 0.484 e. The summed E-state index contributed by atoms with van der Waals surface area (Å²) < 4.78 is 10.2. The highest BCUT2D eigenvalue weighted by atomic mass is 16.5. The van der Waals surface area contributed by atoms with Gasteiger partial charge in [0.25, 0.3) is 5.91 Å². The summed E-state index contributed by atoms with van der Waals surface area (Å²) in [4.78, 5) is 26.0. The Labute approximate surface area is 133 Å². The van der Waals surface area contributed by atoms with Gasteiger partial charge in [-0.1, -0.05) is 0 Å². The number of H-pyrrole nitrogens is 1. The molecule has 1 aromatic carbocycles. The van der Waals surface area contributed by atoms with Gasteiger partial charge >= 0.3 is 5.97 Å². The number of hydrogen-bond donors (Lipinski definition) is 2. The van der Waals surface area contributed by atoms with E-state index in [4.69, 9.17) is 9.47 Å². The van der Waals surface area contributed by atoms with Crippen molar-refractivity contribution in [2.75, 3.05) is 13.2 Å². The van der Waals surface area contributed by atoms with Gasteiger partial charge in [0.15, 0.2) is 6.61 Å². The highest BCUT2D eigenvalue weighted by Crippen LogP contribution is 2.12. The summed E-state index contributed by atoms with van der Waals surface area (Å²) >= 11 is 0. The summed E-state index contributed by atoms with van der Waals surface area (Å²) in [6.07, 6.45) is 3.25. The van der Waals surface area contributed by atoms with Gasteiger partial charge in [-0.2, -0.15) is 5.10 Å². The minimum absolute atomic E-state index is 0.180. The number of hydrazone groups is 1. The molecule has 0 atom stereocenters. The maximum absolute atomic E-state index is 11.6. The number of nitrogens with one attached hydrogen (secondary N) is 2. The van der Waals surface area contributed by atoms with E-state index in [1.807, 2.05) is 12.1 Å². The number of carbonyl (C=O) groups excluding carboxylic acids is 2. The lowest BCUT2D eigenvalue weighted by molar-refractivity contribution is -0.123. The fourth-order valence-corrected chi connectivity index (χ4v) is 1.68. The summed E-state index contributed by atoms with van der Waals surface area (Å²) in [5.74, 6) is -0.306. The SMILES string of the molecule is CCOC(=O)c1ccc(OCC(=O)NN=Cc2ccc[nH]2)cc1. The van der Waals surface area contributed by atoms with Crippen LogP contribution in [0.1, 0.15) is 23.0 Å². The molecule has 23 heavy (non-hydrogen) atoms. The Morgan fingerprint density at radius 1 is 1.26 bits per heavy atom. The van der Waals surface area contributed by atoms with Gasteiger partial charge in [0.05, 0.1) is 24.1 Å². The third kappa shape index (κ3) is 5.31. The molecule has 7 heteroatoms. The molecule has 0 bridgehead atoms. The number of benzene rings is 1. The van der Waals surface area contributed by atoms with Gasteiger partial charge in [-0.05, 0) is 43.3 Å². The summed E-state index contributed by atoms with van der Waals surface area (Å²) in [6.45, 7) is 1.88. The molecule has 0 unspecified atom stereocenters. The standard InChI is InChI=1S/C16H17N3O4/c1-2-22-16(21)12-5-7-14(8-6-12)23-11-15(20)19-18-10-13-4-3-9-17-13/h3-10,17H,2,11H2,1H3,(H,19,20). The molecule has 2 aromatic rings. The molecule has 0 fully saturated rings. The molecule has 0 spiro atoms. The van der Waals surface area contributed by atoms with Gasteiger partial charge in [0, 0.05) is 6.20 Å². The summed E-state index contributed by atoms with van der Waals surface area (Å²) in [7, 11) is 0. The Hall–Kier alpha value is -3.09. The Balaban J connectivity index is 1.76. The van der Waals surface area contributed by atoms with Crippen LogP contribution in [0.5, 0.6) is 5.75 Å². The monoisotopic (exact) mass is 315 g/mol. The molecule has 0 aliphatic carbocycles. The first-order valence-electron chi connectivity index (χ1n) is 7.04. The summed E-state index contributed by atoms with van der Waals surface area (Å²) in [6, 6.07) is 10.00. The number of nitrogens with zero attached hydrogens (tertiary/aromatic N) is 1. The predicted octanol–water partition coefficient (Wildman–Crippen LogP) is 1.72. The van der Waals surface area contributed by atoms with Crippen LogP contribution in [0.4, 0.5) is 0 Å². The molecule has 7 nitrogen and oxygen atoms in total. The van der Waals surface area contributed by atoms with E-state index in [1.165, 1.54) is 6.21 Å². The topological polar surface area (TPSA) is 92.8 Å². The number of ether oxygens (including phenoxy) is 2. The molecule has 0 radical (unpaired) electrons. The lowest BCUT2D eigenvalue weighted by atomic mass is 10.2. The van der Waals surface area contributed by atoms with Crippen LogP contribution in [0.15, 0.2) is 47.7 Å². The number of aromatic amines is 1. The average Bonchev–Trinajstić information content (AvgIpc) is 3.07. The van der Waals surface area contributed by atoms with Crippen LogP contribution in [-0.4, -0.2) is 36.3 Å². The predicted molar refractivity (Wildman–Crippen MR) is 84.4 cm³/mol. The second-order valence-electron chi connectivity index (χ2n) is 4.45. The van der Waals surface area contributed by atoms with Gasteiger partial charge in [-0.25, -0.2) is 10.2 Å². The van der Waals surface area contributed by atoms with E-state index < -0.39 is 5.97 Å². The Bertz CT molecular complexity index is 663. The molecule has 1 amide bonds. The molecule has 2 rings (SSSR count). The third-order valence-corrected chi connectivity index (χ3v) is 2.75. The fraction of sp³-hybridized carbons (Fsp3) is 0.188. The molecule has 120 valence electrons. The van der Waals surface area contributed by atoms with Crippen molar-refractivity contribution < 1.29 is 19.1 Å². The van der Waals surface area contributed by atoms with Crippen LogP contribution < -0.4 is 10.2 Å². The van der Waals surface area contributed by atoms with Crippen LogP contribution >= 0.6 is 0 Å². The highest BCUT2D eigenvalue weighted by Gasteiger charge is 2.06. The molecule has 0 aliphatic rings. The zero-order valence-corrected chi connectivity index (χ0v) is 12.6. The van der Waals surface area contributed by atoms with E-state index in [0.29, 0.717) is 17.9 Å². The Morgan fingerprint density at radius 3 is 2.70 bits per heavy atom. The third-order valence-electron chi connectivity index (χ3n) is 2.75. The lowest BCUT2D eigenvalue weighted by Gasteiger charge is -2.06. The molecule has 2 N–H and O–H groups in total. The fourth-order valence-electron chi connectivity index (χ4n) is 1.68. The minimum Gasteiger partial charge on any atom is -0.484 e. The zero-order chi connectivity index (χ0) is 16.5. The van der Waals surface area contributed by atoms with E-state index in [0.717, 1.165) is 5.69 Å². The normalized spacial score (nSPS) is 10.5. The molecular weight excluding hydrogens is 298 g/mol. The second kappa shape index (κ2) is 8.38. The first-order valence-corrected chi connectivity index (χ1v) is 7.04. The van der Waals surface area contributed by atoms with Crippen molar-refractivity contribution in [2.24, 2.45) is 5.10 Å². The lowest BCUT2D eigenvalue weighted by Crippen LogP contribution is -2.24. The van der Waals surface area contributed by atoms with E-state index in [9.17, 15) is 9.59 Å². The van der Waals surface area contributed by atoms with Crippen molar-refractivity contribution in [3.63, 3.8) is 0 Å². The number of hydrogen-bond acceptors (Lipinski definition) is 5. The van der Waals surface area contributed by atoms with Gasteiger partial charge in [-0.15, -0.1) is 0 Å². The summed E-state index contributed by atoms with van der Waals surface area (Å²) in [5, 5.41) is 3.79. The van der Waals surface area contributed by atoms with Crippen LogP contribution in [0.2, 0.25) is 0 Å². The van der Waals surface area contributed by atoms with E-state index in [1.54, 1.807) is 37.4 Å². The van der Waals surface area contributed by atoms with Crippen molar-refractivity contribution >= 4 is 18.1 Å². The van der Waals surface area contributed by atoms with E-state index in [-0.39, 0.29) is 12.5 Å². The Morgan fingerprint density at radius 2 is 2.04 bits per heavy atom. The van der Waals surface area contributed by atoms with Crippen LogP contribution in [0.25, 0.3) is 0 Å². The molecule has 0 aliphatic heterocycles. The summed E-state index contributed by atoms with van der Waals surface area (Å²) in [5.41, 5.74) is 3.56. The minimum atomic E-state index is -0.393. The first kappa shape index (κ1) is 16.3. The van der Waals surface area contributed by atoms with Crippen LogP contribution in [0.3, 0.4) is 0 Å². The van der Waals surface area contributed by atoms with Crippen molar-refractivity contribution in [3.8, 4) is 5.75 Å². The van der Waals surface area contributed by atoms with Gasteiger partial charge in [-0.3, -0.25) is 4.79 Å².